The molecule has 0 saturated carbocycles. The standard InChI is InChI=1S/C16H22O3/c1-5-19-15(18)8-6-7-12-9-10-14(17)13(11-12)16(2,3)4/h6-7,9-11,17H,5,8H2,1-4H3. The first-order valence-corrected chi connectivity index (χ1v) is 6.50. The molecule has 1 N–H and O–H groups in total. The van der Waals surface area contributed by atoms with Crippen LogP contribution in [0.25, 0.3) is 6.08 Å². The first-order valence-electron chi connectivity index (χ1n) is 6.50. The van der Waals surface area contributed by atoms with Gasteiger partial charge in [0.25, 0.3) is 0 Å². The SMILES string of the molecule is CCOC(=O)CC=Cc1ccc(O)c(C(C)(C)C)c1. The number of phenolic OH excluding ortho intramolecular Hbond substituents is 1. The fourth-order valence-electron chi connectivity index (χ4n) is 1.77. The molecule has 104 valence electrons. The van der Waals surface area contributed by atoms with E-state index in [1.54, 1.807) is 19.1 Å². The average Bonchev–Trinajstić information content (AvgIpc) is 2.30. The number of aromatic hydroxyl groups is 1. The molecule has 0 aliphatic rings. The molecule has 1 aromatic rings. The molecule has 0 aliphatic carbocycles. The number of rotatable bonds is 4. The summed E-state index contributed by atoms with van der Waals surface area (Å²) in [4.78, 5) is 11.2. The fourth-order valence-corrected chi connectivity index (χ4v) is 1.77. The second kappa shape index (κ2) is 6.41. The van der Waals surface area contributed by atoms with E-state index in [1.165, 1.54) is 0 Å². The zero-order valence-electron chi connectivity index (χ0n) is 12.1. The Hall–Kier alpha value is -1.77. The van der Waals surface area contributed by atoms with Gasteiger partial charge in [-0.1, -0.05) is 39.0 Å². The molecular weight excluding hydrogens is 240 g/mol. The van der Waals surface area contributed by atoms with Crippen LogP contribution < -0.4 is 0 Å². The summed E-state index contributed by atoms with van der Waals surface area (Å²) in [5.74, 6) is 0.0728. The van der Waals surface area contributed by atoms with Crippen LogP contribution in [0, 0.1) is 0 Å². The highest BCUT2D eigenvalue weighted by atomic mass is 16.5. The third kappa shape index (κ3) is 4.78. The second-order valence-electron chi connectivity index (χ2n) is 5.44. The van der Waals surface area contributed by atoms with Crippen molar-refractivity contribution in [1.29, 1.82) is 0 Å². The van der Waals surface area contributed by atoms with Gasteiger partial charge in [0.2, 0.25) is 0 Å². The maximum Gasteiger partial charge on any atom is 0.309 e. The molecule has 1 rings (SSSR count). The van der Waals surface area contributed by atoms with Crippen molar-refractivity contribution in [3.8, 4) is 5.75 Å². The Kier molecular flexibility index (Phi) is 5.16. The number of carbonyl (C=O) groups is 1. The van der Waals surface area contributed by atoms with Crippen LogP contribution in [0.1, 0.15) is 45.2 Å². The molecule has 0 saturated heterocycles. The van der Waals surface area contributed by atoms with Crippen molar-refractivity contribution < 1.29 is 14.6 Å². The summed E-state index contributed by atoms with van der Waals surface area (Å²) in [7, 11) is 0. The molecule has 0 aromatic heterocycles. The molecule has 0 fully saturated rings. The molecule has 0 bridgehead atoms. The van der Waals surface area contributed by atoms with Crippen LogP contribution in [0.5, 0.6) is 5.75 Å². The first kappa shape index (κ1) is 15.3. The van der Waals surface area contributed by atoms with Crippen LogP contribution in [-0.4, -0.2) is 17.7 Å². The lowest BCUT2D eigenvalue weighted by Gasteiger charge is -2.20. The summed E-state index contributed by atoms with van der Waals surface area (Å²) < 4.78 is 4.85. The zero-order valence-corrected chi connectivity index (χ0v) is 12.1. The van der Waals surface area contributed by atoms with E-state index < -0.39 is 0 Å². The van der Waals surface area contributed by atoms with Crippen molar-refractivity contribution in [2.45, 2.75) is 39.5 Å². The average molecular weight is 262 g/mol. The summed E-state index contributed by atoms with van der Waals surface area (Å²) >= 11 is 0. The quantitative estimate of drug-likeness (QED) is 0.842. The maximum absolute atomic E-state index is 11.2. The molecule has 0 aliphatic heterocycles. The van der Waals surface area contributed by atoms with Gasteiger partial charge in [0, 0.05) is 0 Å². The highest BCUT2D eigenvalue weighted by Gasteiger charge is 2.17. The molecule has 0 amide bonds. The molecule has 1 aromatic carbocycles. The smallest absolute Gasteiger partial charge is 0.309 e. The third-order valence-electron chi connectivity index (χ3n) is 2.73. The third-order valence-corrected chi connectivity index (χ3v) is 2.73. The molecule has 0 atom stereocenters. The van der Waals surface area contributed by atoms with Gasteiger partial charge in [0.05, 0.1) is 13.0 Å². The van der Waals surface area contributed by atoms with Gasteiger partial charge < -0.3 is 9.84 Å². The van der Waals surface area contributed by atoms with Gasteiger partial charge in [-0.15, -0.1) is 0 Å². The largest absolute Gasteiger partial charge is 0.508 e. The molecule has 0 radical (unpaired) electrons. The predicted octanol–water partition coefficient (Wildman–Crippen LogP) is 3.66. The van der Waals surface area contributed by atoms with Crippen LogP contribution >= 0.6 is 0 Å². The highest BCUT2D eigenvalue weighted by Crippen LogP contribution is 2.31. The maximum atomic E-state index is 11.2. The Morgan fingerprint density at radius 1 is 1.37 bits per heavy atom. The van der Waals surface area contributed by atoms with Gasteiger partial charge >= 0.3 is 5.97 Å². The van der Waals surface area contributed by atoms with Crippen LogP contribution in [-0.2, 0) is 14.9 Å². The Bertz CT molecular complexity index is 467. The summed E-state index contributed by atoms with van der Waals surface area (Å²) in [6.45, 7) is 8.34. The fraction of sp³-hybridized carbons (Fsp3) is 0.438. The molecule has 3 heteroatoms. The van der Waals surface area contributed by atoms with E-state index in [9.17, 15) is 9.90 Å². The minimum atomic E-state index is -0.228. The number of esters is 1. The van der Waals surface area contributed by atoms with Gasteiger partial charge in [0.15, 0.2) is 0 Å². The molecule has 19 heavy (non-hydrogen) atoms. The number of carbonyl (C=O) groups excluding carboxylic acids is 1. The van der Waals surface area contributed by atoms with E-state index in [0.717, 1.165) is 11.1 Å². The van der Waals surface area contributed by atoms with Crippen molar-refractivity contribution in [2.24, 2.45) is 0 Å². The van der Waals surface area contributed by atoms with Gasteiger partial charge in [-0.25, -0.2) is 0 Å². The Morgan fingerprint density at radius 2 is 2.05 bits per heavy atom. The lowest BCUT2D eigenvalue weighted by atomic mass is 9.85. The molecule has 0 spiro atoms. The number of hydrogen-bond donors (Lipinski definition) is 1. The van der Waals surface area contributed by atoms with Crippen molar-refractivity contribution in [2.75, 3.05) is 6.61 Å². The summed E-state index contributed by atoms with van der Waals surface area (Å²) in [5, 5.41) is 9.86. The van der Waals surface area contributed by atoms with Crippen molar-refractivity contribution >= 4 is 12.0 Å². The van der Waals surface area contributed by atoms with E-state index in [0.29, 0.717) is 12.4 Å². The van der Waals surface area contributed by atoms with E-state index in [-0.39, 0.29) is 17.8 Å². The lowest BCUT2D eigenvalue weighted by Crippen LogP contribution is -2.11. The molecule has 3 nitrogen and oxygen atoms in total. The van der Waals surface area contributed by atoms with E-state index >= 15 is 0 Å². The van der Waals surface area contributed by atoms with Crippen LogP contribution in [0.3, 0.4) is 0 Å². The first-order chi connectivity index (χ1) is 8.84. The number of ether oxygens (including phenoxy) is 1. The predicted molar refractivity (Wildman–Crippen MR) is 77.1 cm³/mol. The van der Waals surface area contributed by atoms with E-state index in [2.05, 4.69) is 0 Å². The summed E-state index contributed by atoms with van der Waals surface area (Å²) in [5.41, 5.74) is 1.74. The Balaban J connectivity index is 2.80. The van der Waals surface area contributed by atoms with Gasteiger partial charge in [-0.2, -0.15) is 0 Å². The number of phenols is 1. The van der Waals surface area contributed by atoms with Crippen LogP contribution in [0.2, 0.25) is 0 Å². The van der Waals surface area contributed by atoms with Gasteiger partial charge in [-0.3, -0.25) is 4.79 Å². The molecule has 0 heterocycles. The van der Waals surface area contributed by atoms with Crippen molar-refractivity contribution in [1.82, 2.24) is 0 Å². The minimum absolute atomic E-state index is 0.116. The zero-order chi connectivity index (χ0) is 14.5. The van der Waals surface area contributed by atoms with Gasteiger partial charge in [0.1, 0.15) is 5.75 Å². The Labute approximate surface area is 114 Å². The summed E-state index contributed by atoms with van der Waals surface area (Å²) in [6.07, 6.45) is 3.90. The van der Waals surface area contributed by atoms with Crippen LogP contribution in [0.15, 0.2) is 24.3 Å². The van der Waals surface area contributed by atoms with Crippen LogP contribution in [0.4, 0.5) is 0 Å². The topological polar surface area (TPSA) is 46.5 Å². The minimum Gasteiger partial charge on any atom is -0.508 e. The second-order valence-corrected chi connectivity index (χ2v) is 5.44. The normalized spacial score (nSPS) is 11.8. The summed E-state index contributed by atoms with van der Waals surface area (Å²) in [6, 6.07) is 5.45. The lowest BCUT2D eigenvalue weighted by molar-refractivity contribution is -0.142. The monoisotopic (exact) mass is 262 g/mol. The highest BCUT2D eigenvalue weighted by molar-refractivity contribution is 5.72. The molecule has 0 unspecified atom stereocenters. The van der Waals surface area contributed by atoms with E-state index in [1.807, 2.05) is 39.0 Å². The number of hydrogen-bond acceptors (Lipinski definition) is 3. The number of benzene rings is 1. The molecular formula is C16H22O3. The Morgan fingerprint density at radius 3 is 2.63 bits per heavy atom. The van der Waals surface area contributed by atoms with Gasteiger partial charge in [-0.05, 0) is 35.6 Å². The van der Waals surface area contributed by atoms with E-state index in [4.69, 9.17) is 4.74 Å². The van der Waals surface area contributed by atoms with Crippen molar-refractivity contribution in [3.05, 3.63) is 35.4 Å². The van der Waals surface area contributed by atoms with Crippen molar-refractivity contribution in [3.63, 3.8) is 0 Å².